The van der Waals surface area contributed by atoms with Gasteiger partial charge in [0.15, 0.2) is 0 Å². The van der Waals surface area contributed by atoms with Gasteiger partial charge in [-0.3, -0.25) is 4.79 Å². The molecule has 1 heterocycles. The van der Waals surface area contributed by atoms with Crippen LogP contribution >= 0.6 is 0 Å². The third-order valence-corrected chi connectivity index (χ3v) is 12.0. The van der Waals surface area contributed by atoms with Crippen molar-refractivity contribution >= 4 is 5.91 Å². The van der Waals surface area contributed by atoms with Gasteiger partial charge >= 0.3 is 0 Å². The van der Waals surface area contributed by atoms with E-state index in [0.29, 0.717) is 23.7 Å². The number of rotatable bonds is 5. The standard InChI is InChI=1S/C30H47F2NO3/c1-19(4-9-26(35)33-16-14-30(36,15-17-33)27(31)32)23-7-8-24-22-6-5-20-18-21(34)10-12-28(20,2)25(22)11-13-29(23,24)3/h5,19,21-25,27,34,36H,4,6-18H2,1-3H3/t19?,21-,22-,23+,24-,25-,28-,29+/m0/s1. The lowest BCUT2D eigenvalue weighted by Crippen LogP contribution is -2.51. The minimum absolute atomic E-state index is 0.0368. The highest BCUT2D eigenvalue weighted by Gasteiger charge is 2.59. The molecule has 2 N–H and O–H groups in total. The first-order valence-corrected chi connectivity index (χ1v) is 14.6. The first-order valence-electron chi connectivity index (χ1n) is 14.6. The molecule has 0 aromatic heterocycles. The van der Waals surface area contributed by atoms with Crippen LogP contribution < -0.4 is 0 Å². The number of alkyl halides is 2. The topological polar surface area (TPSA) is 60.8 Å². The van der Waals surface area contributed by atoms with E-state index in [0.717, 1.165) is 43.4 Å². The zero-order chi connectivity index (χ0) is 25.9. The molecule has 6 heteroatoms. The van der Waals surface area contributed by atoms with Crippen molar-refractivity contribution in [1.29, 1.82) is 0 Å². The van der Waals surface area contributed by atoms with Crippen molar-refractivity contribution in [2.75, 3.05) is 13.1 Å². The van der Waals surface area contributed by atoms with E-state index in [9.17, 15) is 23.8 Å². The smallest absolute Gasteiger partial charge is 0.266 e. The summed E-state index contributed by atoms with van der Waals surface area (Å²) < 4.78 is 26.2. The molecule has 204 valence electrons. The fraction of sp³-hybridized carbons (Fsp3) is 0.900. The number of piperidine rings is 1. The molecule has 4 nitrogen and oxygen atoms in total. The lowest BCUT2D eigenvalue weighted by molar-refractivity contribution is -0.147. The average Bonchev–Trinajstić information content (AvgIpc) is 3.20. The van der Waals surface area contributed by atoms with Crippen LogP contribution in [0.5, 0.6) is 0 Å². The molecule has 36 heavy (non-hydrogen) atoms. The van der Waals surface area contributed by atoms with E-state index in [1.54, 1.807) is 4.90 Å². The van der Waals surface area contributed by atoms with Gasteiger partial charge in [0.05, 0.1) is 6.10 Å². The predicted molar refractivity (Wildman–Crippen MR) is 136 cm³/mol. The van der Waals surface area contributed by atoms with Gasteiger partial charge in [0.1, 0.15) is 5.60 Å². The first-order chi connectivity index (χ1) is 17.0. The number of nitrogens with zero attached hydrogens (tertiary/aromatic N) is 1. The molecule has 5 aliphatic rings. The Morgan fingerprint density at radius 3 is 2.50 bits per heavy atom. The maximum Gasteiger partial charge on any atom is 0.266 e. The quantitative estimate of drug-likeness (QED) is 0.451. The van der Waals surface area contributed by atoms with Gasteiger partial charge in [0.25, 0.3) is 6.43 Å². The first kappa shape index (κ1) is 26.6. The number of allylic oxidation sites excluding steroid dienone is 1. The van der Waals surface area contributed by atoms with Crippen LogP contribution in [0, 0.1) is 40.4 Å². The number of aliphatic hydroxyl groups is 2. The van der Waals surface area contributed by atoms with Crippen molar-refractivity contribution in [3.8, 4) is 0 Å². The van der Waals surface area contributed by atoms with E-state index in [2.05, 4.69) is 26.8 Å². The maximum atomic E-state index is 13.1. The van der Waals surface area contributed by atoms with Crippen LogP contribution in [-0.4, -0.2) is 52.2 Å². The van der Waals surface area contributed by atoms with Gasteiger partial charge in [0.2, 0.25) is 5.91 Å². The molecule has 8 atom stereocenters. The number of likely N-dealkylation sites (tertiary alicyclic amines) is 1. The molecule has 1 saturated heterocycles. The minimum atomic E-state index is -2.75. The molecule has 0 aromatic carbocycles. The number of amides is 1. The lowest BCUT2D eigenvalue weighted by Gasteiger charge is -2.58. The summed E-state index contributed by atoms with van der Waals surface area (Å²) in [6.45, 7) is 7.79. The van der Waals surface area contributed by atoms with Crippen molar-refractivity contribution in [2.45, 2.75) is 116 Å². The van der Waals surface area contributed by atoms with Crippen molar-refractivity contribution in [3.05, 3.63) is 11.6 Å². The molecular formula is C30H47F2NO3. The Kier molecular flexibility index (Phi) is 7.11. The molecular weight excluding hydrogens is 460 g/mol. The fourth-order valence-electron chi connectivity index (χ4n) is 9.69. The van der Waals surface area contributed by atoms with E-state index >= 15 is 0 Å². The Hall–Kier alpha value is -1.01. The third kappa shape index (κ3) is 4.36. The Bertz CT molecular complexity index is 868. The number of carbonyl (C=O) groups excluding carboxylic acids is 1. The molecule has 5 rings (SSSR count). The lowest BCUT2D eigenvalue weighted by atomic mass is 9.47. The Labute approximate surface area is 215 Å². The number of halogens is 2. The van der Waals surface area contributed by atoms with E-state index in [4.69, 9.17) is 0 Å². The highest BCUT2D eigenvalue weighted by molar-refractivity contribution is 5.76. The average molecular weight is 508 g/mol. The molecule has 0 radical (unpaired) electrons. The molecule has 1 amide bonds. The zero-order valence-electron chi connectivity index (χ0n) is 22.5. The van der Waals surface area contributed by atoms with Crippen LogP contribution in [0.3, 0.4) is 0 Å². The highest BCUT2D eigenvalue weighted by Crippen LogP contribution is 2.67. The van der Waals surface area contributed by atoms with Crippen LogP contribution in [0.15, 0.2) is 11.6 Å². The van der Waals surface area contributed by atoms with Crippen LogP contribution in [0.4, 0.5) is 8.78 Å². The molecule has 1 aliphatic heterocycles. The van der Waals surface area contributed by atoms with Gasteiger partial charge in [-0.05, 0) is 111 Å². The molecule has 1 unspecified atom stereocenters. The van der Waals surface area contributed by atoms with Crippen molar-refractivity contribution < 1.29 is 23.8 Å². The van der Waals surface area contributed by atoms with Crippen LogP contribution in [0.25, 0.3) is 0 Å². The largest absolute Gasteiger partial charge is 0.393 e. The van der Waals surface area contributed by atoms with Crippen LogP contribution in [0.1, 0.15) is 97.8 Å². The Morgan fingerprint density at radius 1 is 1.08 bits per heavy atom. The molecule has 0 spiro atoms. The normalized spacial score (nSPS) is 42.8. The summed E-state index contributed by atoms with van der Waals surface area (Å²) in [6, 6.07) is 0. The summed E-state index contributed by atoms with van der Waals surface area (Å²) in [6.07, 6.45) is 10.0. The van der Waals surface area contributed by atoms with E-state index in [1.807, 2.05) is 0 Å². The summed E-state index contributed by atoms with van der Waals surface area (Å²) >= 11 is 0. The third-order valence-electron chi connectivity index (χ3n) is 12.0. The summed E-state index contributed by atoms with van der Waals surface area (Å²) in [4.78, 5) is 14.6. The highest BCUT2D eigenvalue weighted by atomic mass is 19.3. The second-order valence-corrected chi connectivity index (χ2v) is 13.7. The molecule has 0 bridgehead atoms. The van der Waals surface area contributed by atoms with Gasteiger partial charge in [-0.25, -0.2) is 8.78 Å². The minimum Gasteiger partial charge on any atom is -0.393 e. The maximum absolute atomic E-state index is 13.1. The van der Waals surface area contributed by atoms with E-state index in [-0.39, 0.29) is 43.4 Å². The predicted octanol–water partition coefficient (Wildman–Crippen LogP) is 5.96. The van der Waals surface area contributed by atoms with Crippen molar-refractivity contribution in [3.63, 3.8) is 0 Å². The second kappa shape index (κ2) is 9.63. The molecule has 3 saturated carbocycles. The Morgan fingerprint density at radius 2 is 1.81 bits per heavy atom. The number of fused-ring (bicyclic) bond motifs is 5. The van der Waals surface area contributed by atoms with Gasteiger partial charge in [-0.2, -0.15) is 0 Å². The van der Waals surface area contributed by atoms with Crippen LogP contribution in [-0.2, 0) is 4.79 Å². The number of hydrogen-bond acceptors (Lipinski definition) is 3. The summed E-state index contributed by atoms with van der Waals surface area (Å²) in [7, 11) is 0. The van der Waals surface area contributed by atoms with Crippen LogP contribution in [0.2, 0.25) is 0 Å². The second-order valence-electron chi connectivity index (χ2n) is 13.7. The number of hydrogen-bond donors (Lipinski definition) is 2. The fourth-order valence-corrected chi connectivity index (χ4v) is 9.69. The number of aliphatic hydroxyl groups excluding tert-OH is 1. The van der Waals surface area contributed by atoms with Crippen molar-refractivity contribution in [2.24, 2.45) is 40.4 Å². The molecule has 4 aliphatic carbocycles. The summed E-state index contributed by atoms with van der Waals surface area (Å²) in [5.41, 5.74) is 0.195. The molecule has 4 fully saturated rings. The van der Waals surface area contributed by atoms with Gasteiger partial charge in [-0.1, -0.05) is 32.4 Å². The van der Waals surface area contributed by atoms with Gasteiger partial charge in [-0.15, -0.1) is 0 Å². The zero-order valence-corrected chi connectivity index (χ0v) is 22.5. The van der Waals surface area contributed by atoms with Gasteiger partial charge in [0, 0.05) is 19.5 Å². The number of carbonyl (C=O) groups is 1. The monoisotopic (exact) mass is 507 g/mol. The molecule has 0 aromatic rings. The SMILES string of the molecule is CC(CCC(=O)N1CCC(O)(C(F)F)CC1)[C@H]1CC[C@H]2[C@@H]3CC=C4C[C@@H](O)CC[C@]4(C)[C@H]3CC[C@]12C. The summed E-state index contributed by atoms with van der Waals surface area (Å²) in [5, 5.41) is 20.3. The van der Waals surface area contributed by atoms with Crippen molar-refractivity contribution in [1.82, 2.24) is 4.90 Å². The van der Waals surface area contributed by atoms with E-state index < -0.39 is 12.0 Å². The Balaban J connectivity index is 1.19. The van der Waals surface area contributed by atoms with Gasteiger partial charge < -0.3 is 15.1 Å². The van der Waals surface area contributed by atoms with E-state index in [1.165, 1.54) is 37.7 Å². The summed E-state index contributed by atoms with van der Waals surface area (Å²) in [5.74, 6) is 3.39.